The van der Waals surface area contributed by atoms with E-state index in [1.165, 1.54) is 0 Å². The van der Waals surface area contributed by atoms with Gasteiger partial charge in [-0.1, -0.05) is 11.6 Å². The van der Waals surface area contributed by atoms with Gasteiger partial charge in [-0.25, -0.2) is 0 Å². The van der Waals surface area contributed by atoms with E-state index in [0.29, 0.717) is 24.7 Å². The molecule has 0 saturated heterocycles. The molecule has 0 unspecified atom stereocenters. The maximum atomic E-state index is 10.9. The topological polar surface area (TPSA) is 35.5 Å². The summed E-state index contributed by atoms with van der Waals surface area (Å²) in [7, 11) is 0. The molecule has 18 heavy (non-hydrogen) atoms. The molecule has 1 aromatic rings. The van der Waals surface area contributed by atoms with Crippen molar-refractivity contribution in [3.8, 4) is 11.5 Å². The van der Waals surface area contributed by atoms with Gasteiger partial charge in [0.1, 0.15) is 17.8 Å². The quantitative estimate of drug-likeness (QED) is 0.772. The molecule has 2 aliphatic rings. The average molecular weight is 267 g/mol. The van der Waals surface area contributed by atoms with Gasteiger partial charge in [-0.3, -0.25) is 0 Å². The Bertz CT molecular complexity index is 459. The summed E-state index contributed by atoms with van der Waals surface area (Å²) in [6.45, 7) is 1.40. The van der Waals surface area contributed by atoms with Gasteiger partial charge in [0.25, 0.3) is 0 Å². The average Bonchev–Trinajstić information content (AvgIpc) is 2.43. The summed E-state index contributed by atoms with van der Waals surface area (Å²) < 4.78 is 11.5. The lowest BCUT2D eigenvalue weighted by Gasteiger charge is -2.28. The zero-order valence-electron chi connectivity index (χ0n) is 10.1. The van der Waals surface area contributed by atoms with Gasteiger partial charge >= 0.3 is 0 Å². The monoisotopic (exact) mass is 266 g/mol. The van der Waals surface area contributed by atoms with E-state index in [2.05, 4.69) is 0 Å². The smallest absolute Gasteiger partial charge is 0.141 e. The highest BCUT2D eigenvalue weighted by atomic mass is 35.5. The summed E-state index contributed by atoms with van der Waals surface area (Å²) >= 11 is 6.42. The second kappa shape index (κ2) is 4.81. The van der Waals surface area contributed by atoms with Gasteiger partial charge in [-0.05, 0) is 25.7 Å². The van der Waals surface area contributed by atoms with E-state index in [1.807, 2.05) is 0 Å². The van der Waals surface area contributed by atoms with Crippen molar-refractivity contribution < 1.29 is 14.3 Å². The van der Waals surface area contributed by atoms with Crippen LogP contribution in [-0.2, 0) is 24.1 Å². The van der Waals surface area contributed by atoms with Crippen molar-refractivity contribution in [3.63, 3.8) is 0 Å². The highest BCUT2D eigenvalue weighted by Gasteiger charge is 2.28. The SMILES string of the molecule is O=CCc1c2c(c(Cl)c3c1OCCC3)OCCC2. The molecule has 0 radical (unpaired) electrons. The van der Waals surface area contributed by atoms with Gasteiger partial charge < -0.3 is 14.3 Å². The van der Waals surface area contributed by atoms with Gasteiger partial charge in [0.15, 0.2) is 0 Å². The fourth-order valence-corrected chi connectivity index (χ4v) is 3.13. The number of hydrogen-bond acceptors (Lipinski definition) is 3. The Hall–Kier alpha value is -1.22. The van der Waals surface area contributed by atoms with Crippen LogP contribution in [0.2, 0.25) is 5.02 Å². The molecule has 0 aliphatic carbocycles. The fraction of sp³-hybridized carbons (Fsp3) is 0.500. The molecule has 0 N–H and O–H groups in total. The summed E-state index contributed by atoms with van der Waals surface area (Å²) in [6.07, 6.45) is 5.05. The minimum absolute atomic E-state index is 0.380. The summed E-state index contributed by atoms with van der Waals surface area (Å²) in [5.41, 5.74) is 3.07. The Labute approximate surface area is 111 Å². The van der Waals surface area contributed by atoms with Crippen LogP contribution in [0.1, 0.15) is 29.5 Å². The second-order valence-corrected chi connectivity index (χ2v) is 5.06. The van der Waals surface area contributed by atoms with Crippen molar-refractivity contribution in [1.29, 1.82) is 0 Å². The first-order chi connectivity index (χ1) is 8.83. The van der Waals surface area contributed by atoms with Crippen LogP contribution in [0.3, 0.4) is 0 Å². The third-order valence-corrected chi connectivity index (χ3v) is 3.97. The molecule has 0 spiro atoms. The van der Waals surface area contributed by atoms with Crippen LogP contribution in [0.15, 0.2) is 0 Å². The van der Waals surface area contributed by atoms with E-state index in [4.69, 9.17) is 21.1 Å². The lowest BCUT2D eigenvalue weighted by molar-refractivity contribution is -0.107. The summed E-state index contributed by atoms with van der Waals surface area (Å²) in [5, 5.41) is 0.689. The highest BCUT2D eigenvalue weighted by Crippen LogP contribution is 2.46. The molecule has 2 heterocycles. The van der Waals surface area contributed by atoms with Gasteiger partial charge in [0.2, 0.25) is 0 Å². The Morgan fingerprint density at radius 2 is 1.72 bits per heavy atom. The molecule has 0 aromatic heterocycles. The molecule has 0 fully saturated rings. The second-order valence-electron chi connectivity index (χ2n) is 4.68. The molecule has 0 amide bonds. The molecule has 4 heteroatoms. The number of halogens is 1. The highest BCUT2D eigenvalue weighted by molar-refractivity contribution is 6.33. The lowest BCUT2D eigenvalue weighted by atomic mass is 9.91. The molecule has 3 nitrogen and oxygen atoms in total. The number of carbonyl (C=O) groups is 1. The Morgan fingerprint density at radius 1 is 1.06 bits per heavy atom. The number of benzene rings is 1. The Balaban J connectivity index is 2.23. The third kappa shape index (κ3) is 1.77. The van der Waals surface area contributed by atoms with E-state index in [-0.39, 0.29) is 0 Å². The molecular weight excluding hydrogens is 252 g/mol. The van der Waals surface area contributed by atoms with E-state index < -0.39 is 0 Å². The van der Waals surface area contributed by atoms with Crippen molar-refractivity contribution in [1.82, 2.24) is 0 Å². The number of ether oxygens (including phenoxy) is 2. The lowest BCUT2D eigenvalue weighted by Crippen LogP contribution is -2.18. The zero-order chi connectivity index (χ0) is 12.5. The first-order valence-corrected chi connectivity index (χ1v) is 6.76. The molecule has 96 valence electrons. The summed E-state index contributed by atoms with van der Waals surface area (Å²) in [6, 6.07) is 0. The van der Waals surface area contributed by atoms with E-state index in [1.54, 1.807) is 0 Å². The minimum Gasteiger partial charge on any atom is -0.493 e. The first-order valence-electron chi connectivity index (χ1n) is 6.38. The molecule has 0 atom stereocenters. The van der Waals surface area contributed by atoms with Gasteiger partial charge in [-0.2, -0.15) is 0 Å². The van der Waals surface area contributed by atoms with Crippen molar-refractivity contribution in [2.24, 2.45) is 0 Å². The summed E-state index contributed by atoms with van der Waals surface area (Å²) in [5.74, 6) is 1.62. The number of carbonyl (C=O) groups excluding carboxylic acids is 1. The van der Waals surface area contributed by atoms with Gasteiger partial charge in [-0.15, -0.1) is 0 Å². The number of aldehydes is 1. The van der Waals surface area contributed by atoms with E-state index >= 15 is 0 Å². The van der Waals surface area contributed by atoms with Gasteiger partial charge in [0.05, 0.1) is 18.2 Å². The van der Waals surface area contributed by atoms with Crippen LogP contribution >= 0.6 is 11.6 Å². The molecule has 3 rings (SSSR count). The van der Waals surface area contributed by atoms with E-state index in [9.17, 15) is 4.79 Å². The predicted molar refractivity (Wildman–Crippen MR) is 68.9 cm³/mol. The van der Waals surface area contributed by atoms with E-state index in [0.717, 1.165) is 60.2 Å². The number of fused-ring (bicyclic) bond motifs is 2. The molecule has 2 aliphatic heterocycles. The van der Waals surface area contributed by atoms with Crippen LogP contribution in [0, 0.1) is 0 Å². The predicted octanol–water partition coefficient (Wildman–Crippen LogP) is 2.73. The largest absolute Gasteiger partial charge is 0.493 e. The van der Waals surface area contributed by atoms with Crippen LogP contribution in [0.5, 0.6) is 11.5 Å². The number of rotatable bonds is 2. The maximum Gasteiger partial charge on any atom is 0.141 e. The Kier molecular flexibility index (Phi) is 3.16. The van der Waals surface area contributed by atoms with Crippen molar-refractivity contribution >= 4 is 17.9 Å². The first kappa shape index (κ1) is 11.8. The molecule has 0 saturated carbocycles. The standard InChI is InChI=1S/C14H15ClO3/c15-12-11-4-2-7-17-13(11)10(5-6-16)9-3-1-8-18-14(9)12/h6H,1-5,7-8H2. The van der Waals surface area contributed by atoms with Crippen LogP contribution in [0.25, 0.3) is 0 Å². The molecular formula is C14H15ClO3. The van der Waals surface area contributed by atoms with Crippen LogP contribution in [-0.4, -0.2) is 19.5 Å². The van der Waals surface area contributed by atoms with Crippen molar-refractivity contribution in [3.05, 3.63) is 21.7 Å². The van der Waals surface area contributed by atoms with Crippen molar-refractivity contribution in [2.45, 2.75) is 32.1 Å². The third-order valence-electron chi connectivity index (χ3n) is 3.57. The number of hydrogen-bond donors (Lipinski definition) is 0. The molecule has 0 bridgehead atoms. The van der Waals surface area contributed by atoms with Gasteiger partial charge in [0, 0.05) is 23.1 Å². The van der Waals surface area contributed by atoms with Crippen LogP contribution in [0.4, 0.5) is 0 Å². The van der Waals surface area contributed by atoms with Crippen LogP contribution < -0.4 is 9.47 Å². The normalized spacial score (nSPS) is 17.2. The summed E-state index contributed by atoms with van der Waals surface area (Å²) in [4.78, 5) is 10.9. The zero-order valence-corrected chi connectivity index (χ0v) is 10.9. The van der Waals surface area contributed by atoms with Crippen molar-refractivity contribution in [2.75, 3.05) is 13.2 Å². The Morgan fingerprint density at radius 3 is 2.44 bits per heavy atom. The molecule has 1 aromatic carbocycles. The maximum absolute atomic E-state index is 10.9. The fourth-order valence-electron chi connectivity index (χ4n) is 2.78. The minimum atomic E-state index is 0.380.